The molecule has 1 N–H and O–H groups in total. The van der Waals surface area contributed by atoms with E-state index in [-0.39, 0.29) is 11.5 Å². The molecule has 0 aliphatic heterocycles. The van der Waals surface area contributed by atoms with Crippen LogP contribution in [-0.4, -0.2) is 11.2 Å². The maximum absolute atomic E-state index is 10.9. The highest BCUT2D eigenvalue weighted by atomic mass is 16.3. The number of aliphatic hydroxyl groups excluding tert-OH is 1. The zero-order chi connectivity index (χ0) is 22.6. The van der Waals surface area contributed by atoms with Gasteiger partial charge in [-0.1, -0.05) is 53.7 Å². The van der Waals surface area contributed by atoms with Crippen LogP contribution in [0.4, 0.5) is 0 Å². The van der Waals surface area contributed by atoms with Crippen LogP contribution in [0.1, 0.15) is 113 Å². The van der Waals surface area contributed by atoms with Gasteiger partial charge in [-0.2, -0.15) is 0 Å². The quantitative estimate of drug-likeness (QED) is 0.421. The van der Waals surface area contributed by atoms with E-state index in [2.05, 4.69) is 55.0 Å². The molecule has 0 unspecified atom stereocenters. The van der Waals surface area contributed by atoms with Gasteiger partial charge in [0.2, 0.25) is 0 Å². The summed E-state index contributed by atoms with van der Waals surface area (Å²) in [7, 11) is 0. The highest BCUT2D eigenvalue weighted by Gasteiger charge is 2.70. The van der Waals surface area contributed by atoms with E-state index < -0.39 is 0 Å². The monoisotopic (exact) mass is 426 g/mol. The first-order chi connectivity index (χ1) is 14.3. The molecule has 0 aromatic rings. The van der Waals surface area contributed by atoms with E-state index >= 15 is 0 Å². The average Bonchev–Trinajstić information content (AvgIpc) is 3.04. The van der Waals surface area contributed by atoms with Crippen LogP contribution in [0.25, 0.3) is 0 Å². The summed E-state index contributed by atoms with van der Waals surface area (Å²) < 4.78 is 0. The predicted octanol–water partition coefficient (Wildman–Crippen LogP) is 8.02. The van der Waals surface area contributed by atoms with Gasteiger partial charge in [0.1, 0.15) is 0 Å². The number of aliphatic hydroxyl groups is 1. The van der Waals surface area contributed by atoms with Crippen molar-refractivity contribution in [2.45, 2.75) is 119 Å². The molecule has 0 bridgehead atoms. The summed E-state index contributed by atoms with van der Waals surface area (Å²) in [5, 5.41) is 10.9. The van der Waals surface area contributed by atoms with Gasteiger partial charge >= 0.3 is 0 Å². The summed E-state index contributed by atoms with van der Waals surface area (Å²) in [4.78, 5) is 0. The molecule has 0 amide bonds. The maximum atomic E-state index is 10.9. The van der Waals surface area contributed by atoms with Crippen molar-refractivity contribution in [3.63, 3.8) is 0 Å². The third-order valence-corrected chi connectivity index (χ3v) is 13.5. The Kier molecular flexibility index (Phi) is 4.82. The fraction of sp³-hybridized carbons (Fsp3) is 0.933. The lowest BCUT2D eigenvalue weighted by atomic mass is 9.32. The molecule has 0 aromatic heterocycles. The van der Waals surface area contributed by atoms with Gasteiger partial charge in [0, 0.05) is 0 Å². The van der Waals surface area contributed by atoms with Crippen molar-refractivity contribution in [2.75, 3.05) is 0 Å². The largest absolute Gasteiger partial charge is 0.393 e. The lowest BCUT2D eigenvalue weighted by Crippen LogP contribution is -2.66. The predicted molar refractivity (Wildman–Crippen MR) is 131 cm³/mol. The Balaban J connectivity index is 1.54. The molecule has 5 rings (SSSR count). The highest BCUT2D eigenvalue weighted by molar-refractivity contribution is 5.21. The van der Waals surface area contributed by atoms with Crippen LogP contribution in [-0.2, 0) is 0 Å². The van der Waals surface area contributed by atoms with E-state index in [1.807, 2.05) is 0 Å². The fourth-order valence-corrected chi connectivity index (χ4v) is 11.5. The molecule has 5 aliphatic rings. The van der Waals surface area contributed by atoms with E-state index in [9.17, 15) is 5.11 Å². The molecule has 1 heteroatoms. The smallest absolute Gasteiger partial charge is 0.0594 e. The van der Waals surface area contributed by atoms with Crippen LogP contribution in [0.15, 0.2) is 12.2 Å². The minimum absolute atomic E-state index is 0.0632. The SMILES string of the molecule is C=C(C)[C@H]1CC[C@]2(C)CC[C@]3(C)[C@H](CC[C@@H]4[C@@]5(C)CC[C@@H](O)C(C)(C)[C@@H]5CC[C@]43C)[C@@H]12. The van der Waals surface area contributed by atoms with Gasteiger partial charge in [-0.15, -0.1) is 0 Å². The van der Waals surface area contributed by atoms with Gasteiger partial charge in [0.15, 0.2) is 0 Å². The van der Waals surface area contributed by atoms with E-state index in [0.717, 1.165) is 30.1 Å². The van der Waals surface area contributed by atoms with Crippen molar-refractivity contribution in [1.29, 1.82) is 0 Å². The van der Waals surface area contributed by atoms with E-state index in [0.29, 0.717) is 27.6 Å². The summed E-state index contributed by atoms with van der Waals surface area (Å²) in [5.41, 5.74) is 3.38. The van der Waals surface area contributed by atoms with Gasteiger partial charge in [0.25, 0.3) is 0 Å². The first-order valence-corrected chi connectivity index (χ1v) is 13.6. The van der Waals surface area contributed by atoms with Crippen LogP contribution in [0.2, 0.25) is 0 Å². The molecular weight excluding hydrogens is 376 g/mol. The second-order valence-corrected chi connectivity index (χ2v) is 14.7. The lowest BCUT2D eigenvalue weighted by molar-refractivity contribution is -0.246. The molecule has 5 fully saturated rings. The van der Waals surface area contributed by atoms with Crippen molar-refractivity contribution in [1.82, 2.24) is 0 Å². The van der Waals surface area contributed by atoms with E-state index in [1.54, 1.807) is 0 Å². The number of hydrogen-bond donors (Lipinski definition) is 1. The molecule has 0 heterocycles. The Hall–Kier alpha value is -0.300. The van der Waals surface area contributed by atoms with Crippen LogP contribution in [0.3, 0.4) is 0 Å². The first-order valence-electron chi connectivity index (χ1n) is 13.6. The summed E-state index contributed by atoms with van der Waals surface area (Å²) in [6.07, 6.45) is 13.4. The van der Waals surface area contributed by atoms with Gasteiger partial charge in [0.05, 0.1) is 6.10 Å². The first kappa shape index (κ1) is 22.5. The normalized spacial score (nSPS) is 57.9. The zero-order valence-electron chi connectivity index (χ0n) is 21.7. The van der Waals surface area contributed by atoms with Crippen LogP contribution >= 0.6 is 0 Å². The molecule has 1 nitrogen and oxygen atoms in total. The van der Waals surface area contributed by atoms with Gasteiger partial charge in [-0.3, -0.25) is 0 Å². The molecule has 10 atom stereocenters. The molecule has 5 aliphatic carbocycles. The molecule has 5 saturated carbocycles. The van der Waals surface area contributed by atoms with Crippen molar-refractivity contribution in [3.05, 3.63) is 12.2 Å². The lowest BCUT2D eigenvalue weighted by Gasteiger charge is -2.73. The summed E-state index contributed by atoms with van der Waals surface area (Å²) in [5.74, 6) is 3.98. The minimum Gasteiger partial charge on any atom is -0.393 e. The standard InChI is InChI=1S/C30H50O/c1-19(2)20-11-14-27(5)17-18-29(7)21(25(20)27)9-10-23-28(6)15-13-24(31)26(3,4)22(28)12-16-30(23,29)8/h20-25,31H,1,9-18H2,2-8H3/t20-,21-,22+,23-,24-,25-,27-,28+,29-,30-/m1/s1. The van der Waals surface area contributed by atoms with Crippen LogP contribution < -0.4 is 0 Å². The Labute approximate surface area is 192 Å². The molecule has 0 saturated heterocycles. The third-order valence-electron chi connectivity index (χ3n) is 13.5. The summed E-state index contributed by atoms with van der Waals surface area (Å²) >= 11 is 0. The van der Waals surface area contributed by atoms with Crippen molar-refractivity contribution in [2.24, 2.45) is 56.7 Å². The van der Waals surface area contributed by atoms with Crippen LogP contribution in [0.5, 0.6) is 0 Å². The minimum atomic E-state index is -0.118. The summed E-state index contributed by atoms with van der Waals surface area (Å²) in [6.45, 7) is 22.3. The molecular formula is C30H50O. The second kappa shape index (κ2) is 6.64. The topological polar surface area (TPSA) is 20.2 Å². The zero-order valence-corrected chi connectivity index (χ0v) is 21.7. The van der Waals surface area contributed by atoms with Crippen molar-refractivity contribution >= 4 is 0 Å². The Morgan fingerprint density at radius 2 is 1.45 bits per heavy atom. The van der Waals surface area contributed by atoms with Gasteiger partial charge in [-0.25, -0.2) is 0 Å². The second-order valence-electron chi connectivity index (χ2n) is 14.7. The van der Waals surface area contributed by atoms with E-state index in [4.69, 9.17) is 0 Å². The highest BCUT2D eigenvalue weighted by Crippen LogP contribution is 2.77. The average molecular weight is 427 g/mol. The Morgan fingerprint density at radius 3 is 2.13 bits per heavy atom. The van der Waals surface area contributed by atoms with Crippen LogP contribution in [0, 0.1) is 56.7 Å². The number of fused-ring (bicyclic) bond motifs is 7. The number of rotatable bonds is 1. The van der Waals surface area contributed by atoms with Crippen molar-refractivity contribution in [3.8, 4) is 0 Å². The molecule has 31 heavy (non-hydrogen) atoms. The molecule has 0 radical (unpaired) electrons. The fourth-order valence-electron chi connectivity index (χ4n) is 11.5. The maximum Gasteiger partial charge on any atom is 0.0594 e. The molecule has 0 spiro atoms. The molecule has 0 aromatic carbocycles. The number of allylic oxidation sites excluding steroid dienone is 1. The van der Waals surface area contributed by atoms with Gasteiger partial charge in [-0.05, 0) is 128 Å². The van der Waals surface area contributed by atoms with E-state index in [1.165, 1.54) is 63.4 Å². The summed E-state index contributed by atoms with van der Waals surface area (Å²) in [6, 6.07) is 0. The van der Waals surface area contributed by atoms with Crippen molar-refractivity contribution < 1.29 is 5.11 Å². The van der Waals surface area contributed by atoms with Gasteiger partial charge < -0.3 is 5.11 Å². The Morgan fingerprint density at radius 1 is 0.742 bits per heavy atom. The number of hydrogen-bond acceptors (Lipinski definition) is 1. The molecule has 176 valence electrons. The Bertz CT molecular complexity index is 766. The third kappa shape index (κ3) is 2.65.